The first kappa shape index (κ1) is 30.2. The van der Waals surface area contributed by atoms with Crippen LogP contribution in [0.5, 0.6) is 0 Å². The number of allylic oxidation sites excluding steroid dienone is 1. The highest BCUT2D eigenvalue weighted by molar-refractivity contribution is 5.89. The van der Waals surface area contributed by atoms with Crippen molar-refractivity contribution in [3.8, 4) is 0 Å². The number of aliphatic hydroxyl groups is 3. The number of nitrogens with one attached hydrogen (secondary N) is 1. The number of carbonyl (C=O) groups is 3. The van der Waals surface area contributed by atoms with E-state index in [-0.39, 0.29) is 36.2 Å². The van der Waals surface area contributed by atoms with Crippen molar-refractivity contribution in [3.63, 3.8) is 0 Å². The Morgan fingerprint density at radius 1 is 1.06 bits per heavy atom. The number of esters is 1. The third-order valence-electron chi connectivity index (χ3n) is 6.78. The van der Waals surface area contributed by atoms with Gasteiger partial charge in [0.1, 0.15) is 30.5 Å². The van der Waals surface area contributed by atoms with Crippen molar-refractivity contribution in [1.29, 1.82) is 0 Å². The molecule has 206 valence electrons. The Morgan fingerprint density at radius 3 is 2.28 bits per heavy atom. The van der Waals surface area contributed by atoms with Crippen molar-refractivity contribution in [2.24, 2.45) is 11.3 Å². The minimum Gasteiger partial charge on any atom is -0.460 e. The number of nitrogens with zero attached hydrogens (tertiary/aromatic N) is 1. The van der Waals surface area contributed by atoms with Crippen molar-refractivity contribution in [2.75, 3.05) is 20.7 Å². The van der Waals surface area contributed by atoms with E-state index in [1.807, 2.05) is 20.8 Å². The zero-order valence-corrected chi connectivity index (χ0v) is 22.2. The van der Waals surface area contributed by atoms with E-state index in [0.717, 1.165) is 32.1 Å². The average Bonchev–Trinajstić information content (AvgIpc) is 2.96. The van der Waals surface area contributed by atoms with Crippen molar-refractivity contribution >= 4 is 17.8 Å². The maximum absolute atomic E-state index is 12.9. The van der Waals surface area contributed by atoms with Crippen LogP contribution in [0.15, 0.2) is 12.2 Å². The molecule has 0 aromatic heterocycles. The van der Waals surface area contributed by atoms with E-state index in [1.54, 1.807) is 13.1 Å². The van der Waals surface area contributed by atoms with E-state index in [2.05, 4.69) is 5.32 Å². The fourth-order valence-corrected chi connectivity index (χ4v) is 4.60. The third kappa shape index (κ3) is 8.83. The second-order valence-corrected chi connectivity index (χ2v) is 11.1. The molecule has 0 aromatic carbocycles. The van der Waals surface area contributed by atoms with E-state index < -0.39 is 42.5 Å². The minimum absolute atomic E-state index is 0.0949. The zero-order chi connectivity index (χ0) is 27.0. The molecule has 4 N–H and O–H groups in total. The van der Waals surface area contributed by atoms with Crippen LogP contribution in [0.25, 0.3) is 0 Å². The van der Waals surface area contributed by atoms with Crippen molar-refractivity contribution in [1.82, 2.24) is 10.2 Å². The van der Waals surface area contributed by atoms with Crippen LogP contribution in [0.3, 0.4) is 0 Å². The monoisotopic (exact) mass is 512 g/mol. The normalized spacial score (nSPS) is 25.7. The van der Waals surface area contributed by atoms with Crippen LogP contribution in [-0.4, -0.2) is 95.3 Å². The number of hydrogen-bond donors (Lipinski definition) is 4. The molecule has 2 aliphatic rings. The van der Waals surface area contributed by atoms with Crippen LogP contribution in [0.2, 0.25) is 0 Å². The Morgan fingerprint density at radius 2 is 1.69 bits per heavy atom. The Bertz CT molecular complexity index is 774. The summed E-state index contributed by atoms with van der Waals surface area (Å²) >= 11 is 0. The molecule has 1 aliphatic heterocycles. The van der Waals surface area contributed by atoms with Gasteiger partial charge in [-0.25, -0.2) is 0 Å². The molecule has 36 heavy (non-hydrogen) atoms. The first-order valence-corrected chi connectivity index (χ1v) is 12.9. The molecule has 1 heterocycles. The Labute approximate surface area is 214 Å². The summed E-state index contributed by atoms with van der Waals surface area (Å²) < 4.78 is 10.8. The van der Waals surface area contributed by atoms with E-state index in [0.29, 0.717) is 6.42 Å². The number of rotatable bonds is 9. The third-order valence-corrected chi connectivity index (χ3v) is 6.78. The molecule has 0 unspecified atom stereocenters. The summed E-state index contributed by atoms with van der Waals surface area (Å²) in [5.41, 5.74) is -0.252. The number of likely N-dealkylation sites (N-methyl/N-ethyl adjacent to an activating group) is 1. The van der Waals surface area contributed by atoms with Crippen molar-refractivity contribution in [3.05, 3.63) is 12.2 Å². The predicted octanol–water partition coefficient (Wildman–Crippen LogP) is 0.916. The molecule has 0 spiro atoms. The summed E-state index contributed by atoms with van der Waals surface area (Å²) in [6.07, 6.45) is 1.66. The lowest BCUT2D eigenvalue weighted by molar-refractivity contribution is -0.156. The fraction of sp³-hybridized carbons (Fsp3) is 0.808. The molecule has 10 heteroatoms. The Hall–Kier alpha value is -2.01. The highest BCUT2D eigenvalue weighted by atomic mass is 16.5. The minimum atomic E-state index is -1.74. The van der Waals surface area contributed by atoms with Crippen molar-refractivity contribution < 1.29 is 39.2 Å². The number of hydrogen-bond acceptors (Lipinski definition) is 8. The summed E-state index contributed by atoms with van der Waals surface area (Å²) in [5, 5.41) is 33.7. The molecule has 2 rings (SSSR count). The molecule has 0 bridgehead atoms. The van der Waals surface area contributed by atoms with Gasteiger partial charge in [-0.15, -0.1) is 0 Å². The summed E-state index contributed by atoms with van der Waals surface area (Å²) in [4.78, 5) is 39.8. The van der Waals surface area contributed by atoms with Gasteiger partial charge in [-0.3, -0.25) is 14.4 Å². The number of methoxy groups -OCH3 is 1. The number of ether oxygens (including phenoxy) is 2. The Balaban J connectivity index is 1.98. The standard InChI is InChI=1S/C26H44N2O8/c1-26(2,3)14-13-19(29)20(30)21(31)22(35-5)23(32)27-18-12-11-17(15-28(4)24(18)33)36-25(34)16-9-7-6-8-10-16/h13-14,16-22,29-31H,6-12,15H2,1-5H3,(H,27,32)/b14-13+/t17-,18+,19-,20+,21-,22-/m1/s1. The highest BCUT2D eigenvalue weighted by Crippen LogP contribution is 2.26. The van der Waals surface area contributed by atoms with Crippen LogP contribution < -0.4 is 5.32 Å². The summed E-state index contributed by atoms with van der Waals surface area (Å²) in [6, 6.07) is -0.909. The first-order chi connectivity index (χ1) is 16.8. The van der Waals surface area contributed by atoms with Crippen LogP contribution in [0.4, 0.5) is 0 Å². The van der Waals surface area contributed by atoms with Gasteiger partial charge < -0.3 is 35.0 Å². The van der Waals surface area contributed by atoms with Crippen molar-refractivity contribution in [2.45, 2.75) is 102 Å². The molecule has 6 atom stereocenters. The zero-order valence-electron chi connectivity index (χ0n) is 22.2. The van der Waals surface area contributed by atoms with Crippen LogP contribution in [0, 0.1) is 11.3 Å². The van der Waals surface area contributed by atoms with Gasteiger partial charge in [0.05, 0.1) is 12.5 Å². The van der Waals surface area contributed by atoms with Crippen LogP contribution in [-0.2, 0) is 23.9 Å². The second kappa shape index (κ2) is 13.5. The average molecular weight is 513 g/mol. The molecular formula is C26H44N2O8. The molecule has 10 nitrogen and oxygen atoms in total. The predicted molar refractivity (Wildman–Crippen MR) is 133 cm³/mol. The number of likely N-dealkylation sites (tertiary alicyclic amines) is 1. The lowest BCUT2D eigenvalue weighted by Crippen LogP contribution is -2.55. The maximum atomic E-state index is 12.9. The van der Waals surface area contributed by atoms with Gasteiger partial charge in [0.15, 0.2) is 6.10 Å². The van der Waals surface area contributed by atoms with E-state index >= 15 is 0 Å². The quantitative estimate of drug-likeness (QED) is 0.264. The molecule has 1 aliphatic carbocycles. The van der Waals surface area contributed by atoms with Gasteiger partial charge >= 0.3 is 5.97 Å². The van der Waals surface area contributed by atoms with Gasteiger partial charge in [0.2, 0.25) is 5.91 Å². The van der Waals surface area contributed by atoms with E-state index in [1.165, 1.54) is 18.1 Å². The molecule has 0 aromatic rings. The molecule has 2 fully saturated rings. The second-order valence-electron chi connectivity index (χ2n) is 11.1. The maximum Gasteiger partial charge on any atom is 0.309 e. The van der Waals surface area contributed by atoms with Gasteiger partial charge in [0, 0.05) is 14.2 Å². The SMILES string of the molecule is CO[C@@H](C(=O)N[C@H]1CC[C@@H](OC(=O)C2CCCCC2)CN(C)C1=O)[C@H](O)[C@@H](O)[C@H](O)/C=C/C(C)(C)C. The smallest absolute Gasteiger partial charge is 0.309 e. The summed E-state index contributed by atoms with van der Waals surface area (Å²) in [7, 11) is 2.78. The fourth-order valence-electron chi connectivity index (χ4n) is 4.60. The highest BCUT2D eigenvalue weighted by Gasteiger charge is 2.39. The molecule has 0 radical (unpaired) electrons. The molecule has 2 amide bonds. The van der Waals surface area contributed by atoms with Gasteiger partial charge in [-0.2, -0.15) is 0 Å². The van der Waals surface area contributed by atoms with Gasteiger partial charge in [-0.05, 0) is 31.1 Å². The molecular weight excluding hydrogens is 468 g/mol. The first-order valence-electron chi connectivity index (χ1n) is 12.9. The molecule has 1 saturated heterocycles. The van der Waals surface area contributed by atoms with Crippen LogP contribution in [0.1, 0.15) is 65.7 Å². The van der Waals surface area contributed by atoms with E-state index in [9.17, 15) is 29.7 Å². The largest absolute Gasteiger partial charge is 0.460 e. The number of carbonyl (C=O) groups excluding carboxylic acids is 3. The van der Waals surface area contributed by atoms with Crippen LogP contribution >= 0.6 is 0 Å². The number of aliphatic hydroxyl groups excluding tert-OH is 3. The van der Waals surface area contributed by atoms with Gasteiger partial charge in [-0.1, -0.05) is 52.2 Å². The topological polar surface area (TPSA) is 146 Å². The lowest BCUT2D eigenvalue weighted by atomic mass is 9.89. The van der Waals surface area contributed by atoms with E-state index in [4.69, 9.17) is 9.47 Å². The molecule has 1 saturated carbocycles. The lowest BCUT2D eigenvalue weighted by Gasteiger charge is -2.29. The Kier molecular flexibility index (Phi) is 11.3. The summed E-state index contributed by atoms with van der Waals surface area (Å²) in [6.45, 7) is 5.96. The summed E-state index contributed by atoms with van der Waals surface area (Å²) in [5.74, 6) is -1.46. The van der Waals surface area contributed by atoms with Gasteiger partial charge in [0.25, 0.3) is 5.91 Å². The number of amides is 2.